The van der Waals surface area contributed by atoms with Crippen LogP contribution in [0.15, 0.2) is 24.3 Å². The Bertz CT molecular complexity index is 435. The number of hydrogen-bond acceptors (Lipinski definition) is 5. The largest absolute Gasteiger partial charge is 0.488 e. The molecule has 0 atom stereocenters. The van der Waals surface area contributed by atoms with Crippen molar-refractivity contribution in [3.05, 3.63) is 29.8 Å². The van der Waals surface area contributed by atoms with Crippen LogP contribution in [0.25, 0.3) is 0 Å². The summed E-state index contributed by atoms with van der Waals surface area (Å²) in [5.74, 6) is -0.795. The van der Waals surface area contributed by atoms with E-state index in [1.807, 2.05) is 0 Å². The van der Waals surface area contributed by atoms with E-state index in [4.69, 9.17) is 10.0 Å². The maximum atomic E-state index is 11.7. The number of carbonyl (C=O) groups is 2. The number of esters is 1. The number of ether oxygens (including phenoxy) is 1. The summed E-state index contributed by atoms with van der Waals surface area (Å²) >= 11 is 0. The predicted molar refractivity (Wildman–Crippen MR) is 65.2 cm³/mol. The van der Waals surface area contributed by atoms with E-state index in [1.54, 1.807) is 12.1 Å². The molecule has 0 aliphatic carbocycles. The van der Waals surface area contributed by atoms with Crippen molar-refractivity contribution in [1.82, 2.24) is 5.32 Å². The molecule has 0 radical (unpaired) electrons. The van der Waals surface area contributed by atoms with E-state index in [0.717, 1.165) is 0 Å². The monoisotopic (exact) mass is 251 g/mol. The fourth-order valence-electron chi connectivity index (χ4n) is 1.32. The van der Waals surface area contributed by atoms with Crippen LogP contribution >= 0.6 is 0 Å². The van der Waals surface area contributed by atoms with Gasteiger partial charge in [-0.15, -0.1) is 0 Å². The van der Waals surface area contributed by atoms with Gasteiger partial charge in [0, 0.05) is 12.1 Å². The molecule has 0 spiro atoms. The summed E-state index contributed by atoms with van der Waals surface area (Å²) in [5, 5.41) is 20.5. The minimum absolute atomic E-state index is 0.0879. The molecule has 0 heterocycles. The molecule has 0 fully saturated rings. The maximum absolute atomic E-state index is 11.7. The summed E-state index contributed by atoms with van der Waals surface area (Å²) in [7, 11) is -0.344. The minimum atomic E-state index is -1.62. The minimum Gasteiger partial charge on any atom is -0.469 e. The number of benzene rings is 1. The topological polar surface area (TPSA) is 95.9 Å². The standard InChI is InChI=1S/C11H14BNO5/c1-18-10(14)5-6-13-11(15)8-3-2-4-9(7-8)12(16)17/h2-4,7,16-17H,5-6H2,1H3,(H,13,15). The van der Waals surface area contributed by atoms with E-state index in [2.05, 4.69) is 10.1 Å². The Hall–Kier alpha value is -1.86. The van der Waals surface area contributed by atoms with Crippen molar-refractivity contribution in [2.24, 2.45) is 0 Å². The number of nitrogens with one attached hydrogen (secondary N) is 1. The molecule has 1 aromatic carbocycles. The van der Waals surface area contributed by atoms with Gasteiger partial charge in [-0.2, -0.15) is 0 Å². The highest BCUT2D eigenvalue weighted by atomic mass is 16.5. The number of rotatable bonds is 5. The Kier molecular flexibility index (Phi) is 5.35. The lowest BCUT2D eigenvalue weighted by atomic mass is 9.79. The number of methoxy groups -OCH3 is 1. The second-order valence-corrected chi connectivity index (χ2v) is 3.58. The molecule has 1 aromatic rings. The molecule has 0 saturated carbocycles. The van der Waals surface area contributed by atoms with Crippen LogP contribution in [-0.4, -0.2) is 42.7 Å². The zero-order valence-electron chi connectivity index (χ0n) is 9.92. The van der Waals surface area contributed by atoms with E-state index >= 15 is 0 Å². The van der Waals surface area contributed by atoms with Crippen molar-refractivity contribution < 1.29 is 24.4 Å². The van der Waals surface area contributed by atoms with Crippen molar-refractivity contribution in [1.29, 1.82) is 0 Å². The van der Waals surface area contributed by atoms with Crippen molar-refractivity contribution in [3.63, 3.8) is 0 Å². The Labute approximate surface area is 105 Å². The number of carbonyl (C=O) groups excluding carboxylic acids is 2. The van der Waals surface area contributed by atoms with Crippen molar-refractivity contribution in [3.8, 4) is 0 Å². The molecule has 0 bridgehead atoms. The third-order valence-electron chi connectivity index (χ3n) is 2.29. The first-order valence-corrected chi connectivity index (χ1v) is 5.35. The van der Waals surface area contributed by atoms with Crippen LogP contribution in [-0.2, 0) is 9.53 Å². The van der Waals surface area contributed by atoms with Gasteiger partial charge in [-0.3, -0.25) is 9.59 Å². The quantitative estimate of drug-likeness (QED) is 0.444. The van der Waals surface area contributed by atoms with Gasteiger partial charge in [0.25, 0.3) is 5.91 Å². The van der Waals surface area contributed by atoms with Gasteiger partial charge < -0.3 is 20.1 Å². The van der Waals surface area contributed by atoms with E-state index < -0.39 is 13.1 Å². The number of amides is 1. The SMILES string of the molecule is COC(=O)CCNC(=O)c1cccc(B(O)O)c1. The number of hydrogen-bond donors (Lipinski definition) is 3. The molecular weight excluding hydrogens is 237 g/mol. The summed E-state index contributed by atoms with van der Waals surface area (Å²) in [5.41, 5.74) is 0.529. The first kappa shape index (κ1) is 14.2. The molecule has 0 aliphatic rings. The lowest BCUT2D eigenvalue weighted by Crippen LogP contribution is -2.32. The smallest absolute Gasteiger partial charge is 0.469 e. The second-order valence-electron chi connectivity index (χ2n) is 3.58. The molecular formula is C11H14BNO5. The van der Waals surface area contributed by atoms with Crippen LogP contribution in [0.3, 0.4) is 0 Å². The molecule has 18 heavy (non-hydrogen) atoms. The molecule has 0 saturated heterocycles. The molecule has 96 valence electrons. The zero-order valence-corrected chi connectivity index (χ0v) is 9.92. The third-order valence-corrected chi connectivity index (χ3v) is 2.29. The van der Waals surface area contributed by atoms with Gasteiger partial charge in [0.05, 0.1) is 13.5 Å². The van der Waals surface area contributed by atoms with Gasteiger partial charge in [0.2, 0.25) is 0 Å². The van der Waals surface area contributed by atoms with Crippen LogP contribution < -0.4 is 10.8 Å². The van der Waals surface area contributed by atoms with Crippen molar-refractivity contribution >= 4 is 24.5 Å². The van der Waals surface area contributed by atoms with Gasteiger partial charge in [-0.25, -0.2) is 0 Å². The predicted octanol–water partition coefficient (Wildman–Crippen LogP) is -1.34. The molecule has 0 aromatic heterocycles. The molecule has 0 aliphatic heterocycles. The summed E-state index contributed by atoms with van der Waals surface area (Å²) < 4.78 is 4.43. The fraction of sp³-hybridized carbons (Fsp3) is 0.273. The van der Waals surface area contributed by atoms with E-state index in [-0.39, 0.29) is 24.3 Å². The summed E-state index contributed by atoms with van der Waals surface area (Å²) in [6, 6.07) is 5.96. The lowest BCUT2D eigenvalue weighted by molar-refractivity contribution is -0.140. The van der Waals surface area contributed by atoms with Crippen molar-refractivity contribution in [2.75, 3.05) is 13.7 Å². The van der Waals surface area contributed by atoms with Crippen LogP contribution in [0.1, 0.15) is 16.8 Å². The molecule has 3 N–H and O–H groups in total. The van der Waals surface area contributed by atoms with Gasteiger partial charge in [-0.05, 0) is 17.6 Å². The van der Waals surface area contributed by atoms with Crippen LogP contribution in [0.5, 0.6) is 0 Å². The van der Waals surface area contributed by atoms with E-state index in [0.29, 0.717) is 5.56 Å². The highest BCUT2D eigenvalue weighted by molar-refractivity contribution is 6.58. The summed E-state index contributed by atoms with van der Waals surface area (Å²) in [4.78, 5) is 22.5. The molecule has 1 rings (SSSR count). The average molecular weight is 251 g/mol. The fourth-order valence-corrected chi connectivity index (χ4v) is 1.32. The first-order valence-electron chi connectivity index (χ1n) is 5.35. The van der Waals surface area contributed by atoms with Gasteiger partial charge >= 0.3 is 13.1 Å². The lowest BCUT2D eigenvalue weighted by Gasteiger charge is -2.06. The van der Waals surface area contributed by atoms with Crippen LogP contribution in [0, 0.1) is 0 Å². The second kappa shape index (κ2) is 6.78. The van der Waals surface area contributed by atoms with E-state index in [1.165, 1.54) is 19.2 Å². The zero-order chi connectivity index (χ0) is 13.5. The Balaban J connectivity index is 2.56. The third kappa shape index (κ3) is 4.19. The molecule has 1 amide bonds. The highest BCUT2D eigenvalue weighted by Gasteiger charge is 2.13. The normalized spacial score (nSPS) is 9.72. The Morgan fingerprint density at radius 2 is 2.11 bits per heavy atom. The average Bonchev–Trinajstić information content (AvgIpc) is 2.38. The Morgan fingerprint density at radius 3 is 2.72 bits per heavy atom. The van der Waals surface area contributed by atoms with Gasteiger partial charge in [-0.1, -0.05) is 12.1 Å². The molecule has 6 nitrogen and oxygen atoms in total. The van der Waals surface area contributed by atoms with Crippen LogP contribution in [0.2, 0.25) is 0 Å². The first-order chi connectivity index (χ1) is 8.54. The summed E-state index contributed by atoms with van der Waals surface area (Å²) in [6.45, 7) is 0.164. The van der Waals surface area contributed by atoms with Crippen molar-refractivity contribution in [2.45, 2.75) is 6.42 Å². The van der Waals surface area contributed by atoms with E-state index in [9.17, 15) is 9.59 Å². The maximum Gasteiger partial charge on any atom is 0.488 e. The molecule has 0 unspecified atom stereocenters. The van der Waals surface area contributed by atoms with Crippen LogP contribution in [0.4, 0.5) is 0 Å². The van der Waals surface area contributed by atoms with Gasteiger partial charge in [0.1, 0.15) is 0 Å². The highest BCUT2D eigenvalue weighted by Crippen LogP contribution is 1.97. The molecule has 7 heteroatoms. The van der Waals surface area contributed by atoms with Gasteiger partial charge in [0.15, 0.2) is 0 Å². The Morgan fingerprint density at radius 1 is 1.39 bits per heavy atom. The summed E-state index contributed by atoms with van der Waals surface area (Å²) in [6.07, 6.45) is 0.0879.